The molecule has 0 radical (unpaired) electrons. The van der Waals surface area contributed by atoms with Crippen LogP contribution in [0.15, 0.2) is 42.5 Å². The molecule has 1 aliphatic carbocycles. The number of benzene rings is 2. The van der Waals surface area contributed by atoms with Crippen molar-refractivity contribution in [3.05, 3.63) is 68.7 Å². The molecule has 0 spiro atoms. The highest BCUT2D eigenvalue weighted by Crippen LogP contribution is 2.27. The monoisotopic (exact) mass is 480 g/mol. The fourth-order valence-electron chi connectivity index (χ4n) is 3.92. The second kappa shape index (κ2) is 11.2. The summed E-state index contributed by atoms with van der Waals surface area (Å²) in [5, 5.41) is 4.53. The van der Waals surface area contributed by atoms with Crippen molar-refractivity contribution in [3.8, 4) is 0 Å². The van der Waals surface area contributed by atoms with Crippen LogP contribution in [0.2, 0.25) is 15.1 Å². The first-order chi connectivity index (χ1) is 14.9. The van der Waals surface area contributed by atoms with Crippen LogP contribution in [0.3, 0.4) is 0 Å². The lowest BCUT2D eigenvalue weighted by atomic mass is 9.95. The van der Waals surface area contributed by atoms with E-state index in [0.717, 1.165) is 31.2 Å². The molecule has 4 nitrogen and oxygen atoms in total. The number of carbonyl (C=O) groups excluding carboxylic acids is 2. The van der Waals surface area contributed by atoms with E-state index in [1.165, 1.54) is 6.42 Å². The second-order valence-corrected chi connectivity index (χ2v) is 9.23. The van der Waals surface area contributed by atoms with Crippen LogP contribution < -0.4 is 5.32 Å². The van der Waals surface area contributed by atoms with Gasteiger partial charge in [-0.1, -0.05) is 78.3 Å². The van der Waals surface area contributed by atoms with Gasteiger partial charge in [-0.05, 0) is 49.1 Å². The first-order valence-corrected chi connectivity index (χ1v) is 11.8. The highest BCUT2D eigenvalue weighted by atomic mass is 35.5. The van der Waals surface area contributed by atoms with Crippen LogP contribution in [-0.4, -0.2) is 28.8 Å². The van der Waals surface area contributed by atoms with Gasteiger partial charge >= 0.3 is 0 Å². The van der Waals surface area contributed by atoms with Crippen molar-refractivity contribution in [2.24, 2.45) is 0 Å². The summed E-state index contributed by atoms with van der Waals surface area (Å²) in [6.45, 7) is 1.97. The maximum absolute atomic E-state index is 13.4. The molecule has 1 aliphatic rings. The third-order valence-electron chi connectivity index (χ3n) is 5.81. The standard InChI is InChI=1S/C24H27Cl3N2O2/c1-16(24(31)28-18-9-3-2-4-10-18)29(15-17-8-5-6-11-20(17)25)23(30)14-19-21(26)12-7-13-22(19)27/h5-8,11-13,16,18H,2-4,9-10,14-15H2,1H3,(H,28,31)/t16-/m1/s1. The minimum atomic E-state index is -0.660. The summed E-state index contributed by atoms with van der Waals surface area (Å²) >= 11 is 18.9. The molecule has 0 saturated heterocycles. The Morgan fingerprint density at radius 3 is 2.23 bits per heavy atom. The molecule has 2 aromatic carbocycles. The average Bonchev–Trinajstić information content (AvgIpc) is 2.76. The van der Waals surface area contributed by atoms with Gasteiger partial charge in [0.1, 0.15) is 6.04 Å². The first kappa shape index (κ1) is 23.9. The van der Waals surface area contributed by atoms with Gasteiger partial charge in [0.2, 0.25) is 11.8 Å². The molecular weight excluding hydrogens is 455 g/mol. The SMILES string of the molecule is C[C@H](C(=O)NC1CCCCC1)N(Cc1ccccc1Cl)C(=O)Cc1c(Cl)cccc1Cl. The van der Waals surface area contributed by atoms with E-state index in [0.29, 0.717) is 20.6 Å². The predicted molar refractivity (Wildman–Crippen MR) is 127 cm³/mol. The molecule has 0 unspecified atom stereocenters. The number of halogens is 3. The van der Waals surface area contributed by atoms with Crippen LogP contribution in [0.4, 0.5) is 0 Å². The Balaban J connectivity index is 1.82. The number of hydrogen-bond acceptors (Lipinski definition) is 2. The smallest absolute Gasteiger partial charge is 0.242 e. The highest BCUT2D eigenvalue weighted by Gasteiger charge is 2.29. The predicted octanol–water partition coefficient (Wildman–Crippen LogP) is 6.06. The Morgan fingerprint density at radius 2 is 1.58 bits per heavy atom. The Kier molecular flexibility index (Phi) is 8.65. The molecule has 0 heterocycles. The average molecular weight is 482 g/mol. The normalized spacial score (nSPS) is 15.4. The number of amides is 2. The summed E-state index contributed by atoms with van der Waals surface area (Å²) in [5.41, 5.74) is 1.33. The summed E-state index contributed by atoms with van der Waals surface area (Å²) in [7, 11) is 0. The molecular formula is C24H27Cl3N2O2. The highest BCUT2D eigenvalue weighted by molar-refractivity contribution is 6.36. The van der Waals surface area contributed by atoms with Crippen molar-refractivity contribution in [2.45, 2.75) is 64.1 Å². The largest absolute Gasteiger partial charge is 0.352 e. The van der Waals surface area contributed by atoms with Crippen molar-refractivity contribution in [3.63, 3.8) is 0 Å². The molecule has 1 atom stereocenters. The third-order valence-corrected chi connectivity index (χ3v) is 6.88. The third kappa shape index (κ3) is 6.38. The van der Waals surface area contributed by atoms with Gasteiger partial charge in [0.15, 0.2) is 0 Å². The van der Waals surface area contributed by atoms with E-state index in [2.05, 4.69) is 5.32 Å². The minimum Gasteiger partial charge on any atom is -0.352 e. The quantitative estimate of drug-likeness (QED) is 0.523. The zero-order valence-corrected chi connectivity index (χ0v) is 19.8. The van der Waals surface area contributed by atoms with Gasteiger partial charge in [-0.3, -0.25) is 9.59 Å². The van der Waals surface area contributed by atoms with Crippen LogP contribution in [0.1, 0.15) is 50.2 Å². The van der Waals surface area contributed by atoms with Gasteiger partial charge in [-0.15, -0.1) is 0 Å². The van der Waals surface area contributed by atoms with Crippen molar-refractivity contribution >= 4 is 46.6 Å². The minimum absolute atomic E-state index is 0.00398. The fourth-order valence-corrected chi connectivity index (χ4v) is 4.64. The summed E-state index contributed by atoms with van der Waals surface area (Å²) in [6, 6.07) is 12.0. The molecule has 1 N–H and O–H groups in total. The lowest BCUT2D eigenvalue weighted by Gasteiger charge is -2.31. The molecule has 0 bridgehead atoms. The van der Waals surface area contributed by atoms with Gasteiger partial charge in [0.05, 0.1) is 6.42 Å². The van der Waals surface area contributed by atoms with Gasteiger partial charge in [-0.2, -0.15) is 0 Å². The lowest BCUT2D eigenvalue weighted by molar-refractivity contribution is -0.140. The first-order valence-electron chi connectivity index (χ1n) is 10.6. The molecule has 166 valence electrons. The zero-order chi connectivity index (χ0) is 22.4. The van der Waals surface area contributed by atoms with E-state index < -0.39 is 6.04 Å². The molecule has 31 heavy (non-hydrogen) atoms. The van der Waals surface area contributed by atoms with E-state index >= 15 is 0 Å². The maximum Gasteiger partial charge on any atom is 0.242 e. The number of rotatable bonds is 7. The van der Waals surface area contributed by atoms with Crippen molar-refractivity contribution < 1.29 is 9.59 Å². The summed E-state index contributed by atoms with van der Waals surface area (Å²) in [5.74, 6) is -0.390. The van der Waals surface area contributed by atoms with E-state index in [9.17, 15) is 9.59 Å². The van der Waals surface area contributed by atoms with Gasteiger partial charge in [0, 0.05) is 27.7 Å². The molecule has 0 aliphatic heterocycles. The van der Waals surface area contributed by atoms with Crippen LogP contribution in [0, 0.1) is 0 Å². The van der Waals surface area contributed by atoms with Gasteiger partial charge in [-0.25, -0.2) is 0 Å². The number of hydrogen-bond donors (Lipinski definition) is 1. The summed E-state index contributed by atoms with van der Waals surface area (Å²) in [6.07, 6.45) is 5.40. The van der Waals surface area contributed by atoms with Gasteiger partial charge < -0.3 is 10.2 Å². The van der Waals surface area contributed by atoms with E-state index in [1.54, 1.807) is 36.1 Å². The van der Waals surface area contributed by atoms with Crippen molar-refractivity contribution in [1.29, 1.82) is 0 Å². The van der Waals surface area contributed by atoms with Crippen LogP contribution in [-0.2, 0) is 22.6 Å². The van der Waals surface area contributed by atoms with Crippen LogP contribution >= 0.6 is 34.8 Å². The number of carbonyl (C=O) groups is 2. The molecule has 2 amide bonds. The topological polar surface area (TPSA) is 49.4 Å². The van der Waals surface area contributed by atoms with Crippen LogP contribution in [0.5, 0.6) is 0 Å². The van der Waals surface area contributed by atoms with E-state index in [1.807, 2.05) is 18.2 Å². The Hall–Kier alpha value is -1.75. The van der Waals surface area contributed by atoms with Crippen molar-refractivity contribution in [1.82, 2.24) is 10.2 Å². The zero-order valence-electron chi connectivity index (χ0n) is 17.5. The molecule has 0 aromatic heterocycles. The molecule has 2 aromatic rings. The Labute approximate surface area is 198 Å². The Bertz CT molecular complexity index is 909. The number of nitrogens with one attached hydrogen (secondary N) is 1. The van der Waals surface area contributed by atoms with E-state index in [-0.39, 0.29) is 30.8 Å². The molecule has 7 heteroatoms. The van der Waals surface area contributed by atoms with Crippen molar-refractivity contribution in [2.75, 3.05) is 0 Å². The molecule has 1 fully saturated rings. The summed E-state index contributed by atoms with van der Waals surface area (Å²) < 4.78 is 0. The van der Waals surface area contributed by atoms with Gasteiger partial charge in [0.25, 0.3) is 0 Å². The lowest BCUT2D eigenvalue weighted by Crippen LogP contribution is -2.50. The fraction of sp³-hybridized carbons (Fsp3) is 0.417. The maximum atomic E-state index is 13.4. The molecule has 1 saturated carbocycles. The second-order valence-electron chi connectivity index (χ2n) is 8.01. The summed E-state index contributed by atoms with van der Waals surface area (Å²) in [4.78, 5) is 27.9. The number of nitrogens with zero attached hydrogens (tertiary/aromatic N) is 1. The Morgan fingerprint density at radius 1 is 0.968 bits per heavy atom. The molecule has 3 rings (SSSR count). The van der Waals surface area contributed by atoms with Crippen LogP contribution in [0.25, 0.3) is 0 Å². The van der Waals surface area contributed by atoms with E-state index in [4.69, 9.17) is 34.8 Å².